The molecule has 2 rings (SSSR count). The summed E-state index contributed by atoms with van der Waals surface area (Å²) in [6, 6.07) is 0.160. The number of ether oxygens (including phenoxy) is 1. The van der Waals surface area contributed by atoms with Crippen molar-refractivity contribution in [2.75, 3.05) is 7.11 Å². The van der Waals surface area contributed by atoms with Crippen LogP contribution in [0.25, 0.3) is 0 Å². The summed E-state index contributed by atoms with van der Waals surface area (Å²) < 4.78 is 5.17. The number of carboxylic acids is 1. The van der Waals surface area contributed by atoms with E-state index >= 15 is 0 Å². The van der Waals surface area contributed by atoms with E-state index in [9.17, 15) is 14.7 Å². The zero-order valence-electron chi connectivity index (χ0n) is 11.6. The first-order chi connectivity index (χ1) is 9.05. The quantitative estimate of drug-likeness (QED) is 0.791. The lowest BCUT2D eigenvalue weighted by Gasteiger charge is -2.35. The standard InChI is InChI=1S/C14H23NO4/c1-3-8-4-11(12(5-8)14(17)18)13(16)15-9-6-10(7-9)19-2/h8-12H,3-7H2,1-2H3,(H,15,16)(H,17,18)/t8?,9?,10?,11-,12+/m0/s1. The molecule has 2 fully saturated rings. The van der Waals surface area contributed by atoms with Crippen LogP contribution < -0.4 is 5.32 Å². The molecule has 0 radical (unpaired) electrons. The molecule has 0 saturated heterocycles. The molecule has 2 aliphatic rings. The summed E-state index contributed by atoms with van der Waals surface area (Å²) in [5.74, 6) is -1.42. The van der Waals surface area contributed by atoms with Crippen molar-refractivity contribution in [2.24, 2.45) is 17.8 Å². The van der Waals surface area contributed by atoms with E-state index in [1.54, 1.807) is 7.11 Å². The summed E-state index contributed by atoms with van der Waals surface area (Å²) in [5, 5.41) is 12.2. The summed E-state index contributed by atoms with van der Waals surface area (Å²) >= 11 is 0. The molecule has 0 bridgehead atoms. The number of methoxy groups -OCH3 is 1. The van der Waals surface area contributed by atoms with Crippen molar-refractivity contribution >= 4 is 11.9 Å². The number of carboxylic acid groups (broad SMARTS) is 1. The van der Waals surface area contributed by atoms with Crippen LogP contribution in [0.5, 0.6) is 0 Å². The molecule has 1 unspecified atom stereocenters. The molecule has 2 aliphatic carbocycles. The van der Waals surface area contributed by atoms with E-state index in [0.717, 1.165) is 19.3 Å². The predicted molar refractivity (Wildman–Crippen MR) is 69.6 cm³/mol. The second kappa shape index (κ2) is 5.90. The molecule has 19 heavy (non-hydrogen) atoms. The normalized spacial score (nSPS) is 37.7. The van der Waals surface area contributed by atoms with Gasteiger partial charge in [-0.1, -0.05) is 13.3 Å². The first kappa shape index (κ1) is 14.3. The van der Waals surface area contributed by atoms with Crippen molar-refractivity contribution in [3.05, 3.63) is 0 Å². The van der Waals surface area contributed by atoms with Crippen LogP contribution >= 0.6 is 0 Å². The van der Waals surface area contributed by atoms with Gasteiger partial charge in [0.1, 0.15) is 0 Å². The second-order valence-corrected chi connectivity index (χ2v) is 5.83. The molecule has 2 N–H and O–H groups in total. The fraction of sp³-hybridized carbons (Fsp3) is 0.857. The molecule has 0 aromatic rings. The number of rotatable bonds is 5. The number of hydrogen-bond acceptors (Lipinski definition) is 3. The topological polar surface area (TPSA) is 75.6 Å². The predicted octanol–water partition coefficient (Wildman–Crippen LogP) is 1.42. The summed E-state index contributed by atoms with van der Waals surface area (Å²) in [6.07, 6.45) is 4.21. The molecule has 3 atom stereocenters. The maximum absolute atomic E-state index is 12.2. The van der Waals surface area contributed by atoms with E-state index in [-0.39, 0.29) is 24.0 Å². The smallest absolute Gasteiger partial charge is 0.307 e. The van der Waals surface area contributed by atoms with Crippen LogP contribution in [0.4, 0.5) is 0 Å². The van der Waals surface area contributed by atoms with Crippen LogP contribution in [0.1, 0.15) is 39.0 Å². The van der Waals surface area contributed by atoms with Gasteiger partial charge in [0.05, 0.1) is 17.9 Å². The molecule has 5 nitrogen and oxygen atoms in total. The lowest BCUT2D eigenvalue weighted by atomic mass is 9.87. The van der Waals surface area contributed by atoms with E-state index in [4.69, 9.17) is 4.74 Å². The minimum atomic E-state index is -0.834. The highest BCUT2D eigenvalue weighted by atomic mass is 16.5. The Bertz CT molecular complexity index is 351. The van der Waals surface area contributed by atoms with E-state index in [0.29, 0.717) is 18.8 Å². The number of aliphatic carboxylic acids is 1. The Morgan fingerprint density at radius 1 is 1.21 bits per heavy atom. The fourth-order valence-electron chi connectivity index (χ4n) is 3.22. The highest BCUT2D eigenvalue weighted by Gasteiger charge is 2.43. The van der Waals surface area contributed by atoms with Gasteiger partial charge in [-0.15, -0.1) is 0 Å². The fourth-order valence-corrected chi connectivity index (χ4v) is 3.22. The number of nitrogens with one attached hydrogen (secondary N) is 1. The summed E-state index contributed by atoms with van der Waals surface area (Å²) in [4.78, 5) is 23.5. The Balaban J connectivity index is 1.88. The highest BCUT2D eigenvalue weighted by Crippen LogP contribution is 2.39. The Kier molecular flexibility index (Phi) is 4.45. The van der Waals surface area contributed by atoms with Crippen LogP contribution in [-0.4, -0.2) is 36.2 Å². The molecule has 5 heteroatoms. The van der Waals surface area contributed by atoms with Crippen molar-refractivity contribution in [2.45, 2.75) is 51.2 Å². The molecule has 0 spiro atoms. The van der Waals surface area contributed by atoms with Gasteiger partial charge >= 0.3 is 5.97 Å². The van der Waals surface area contributed by atoms with E-state index in [2.05, 4.69) is 12.2 Å². The minimum absolute atomic E-state index is 0.0806. The molecule has 0 heterocycles. The Morgan fingerprint density at radius 2 is 1.84 bits per heavy atom. The summed E-state index contributed by atoms with van der Waals surface area (Å²) in [6.45, 7) is 2.05. The van der Waals surface area contributed by atoms with Crippen LogP contribution in [0.3, 0.4) is 0 Å². The molecule has 1 amide bonds. The van der Waals surface area contributed by atoms with Crippen molar-refractivity contribution in [3.63, 3.8) is 0 Å². The Morgan fingerprint density at radius 3 is 2.37 bits per heavy atom. The molecular formula is C14H23NO4. The number of carbonyl (C=O) groups excluding carboxylic acids is 1. The minimum Gasteiger partial charge on any atom is -0.481 e. The van der Waals surface area contributed by atoms with Gasteiger partial charge in [-0.3, -0.25) is 9.59 Å². The van der Waals surface area contributed by atoms with Gasteiger partial charge in [0.15, 0.2) is 0 Å². The van der Waals surface area contributed by atoms with E-state index in [1.807, 2.05) is 0 Å². The lowest BCUT2D eigenvalue weighted by Crippen LogP contribution is -2.50. The summed E-state index contributed by atoms with van der Waals surface area (Å²) in [5.41, 5.74) is 0. The lowest BCUT2D eigenvalue weighted by molar-refractivity contribution is -0.146. The van der Waals surface area contributed by atoms with Crippen molar-refractivity contribution < 1.29 is 19.4 Å². The van der Waals surface area contributed by atoms with Crippen LogP contribution in [0.2, 0.25) is 0 Å². The first-order valence-electron chi connectivity index (χ1n) is 7.11. The van der Waals surface area contributed by atoms with E-state index in [1.165, 1.54) is 0 Å². The first-order valence-corrected chi connectivity index (χ1v) is 7.11. The molecule has 2 saturated carbocycles. The average Bonchev–Trinajstić information content (AvgIpc) is 2.77. The van der Waals surface area contributed by atoms with Crippen molar-refractivity contribution in [3.8, 4) is 0 Å². The molecule has 0 aromatic heterocycles. The third kappa shape index (κ3) is 3.08. The number of amides is 1. The van der Waals surface area contributed by atoms with Crippen molar-refractivity contribution in [1.29, 1.82) is 0 Å². The zero-order chi connectivity index (χ0) is 14.0. The number of hydrogen-bond donors (Lipinski definition) is 2. The SMILES string of the molecule is CCC1C[C@H](C(=O)NC2CC(OC)C2)[C@H](C(=O)O)C1. The second-order valence-electron chi connectivity index (χ2n) is 5.83. The van der Waals surface area contributed by atoms with Crippen molar-refractivity contribution in [1.82, 2.24) is 5.32 Å². The zero-order valence-corrected chi connectivity index (χ0v) is 11.6. The molecular weight excluding hydrogens is 246 g/mol. The Labute approximate surface area is 113 Å². The van der Waals surface area contributed by atoms with Gasteiger partial charge in [-0.2, -0.15) is 0 Å². The van der Waals surface area contributed by atoms with Gasteiger partial charge in [0.2, 0.25) is 5.91 Å². The molecule has 0 aliphatic heterocycles. The summed E-state index contributed by atoms with van der Waals surface area (Å²) in [7, 11) is 1.67. The maximum atomic E-state index is 12.2. The molecule has 0 aromatic carbocycles. The number of carbonyl (C=O) groups is 2. The van der Waals surface area contributed by atoms with Crippen LogP contribution in [-0.2, 0) is 14.3 Å². The molecule has 108 valence electrons. The maximum Gasteiger partial charge on any atom is 0.307 e. The monoisotopic (exact) mass is 269 g/mol. The third-order valence-electron chi connectivity index (χ3n) is 4.67. The van der Waals surface area contributed by atoms with Gasteiger partial charge in [0.25, 0.3) is 0 Å². The van der Waals surface area contributed by atoms with Gasteiger partial charge in [-0.05, 0) is 31.6 Å². The van der Waals surface area contributed by atoms with Gasteiger partial charge in [-0.25, -0.2) is 0 Å². The van der Waals surface area contributed by atoms with Crippen LogP contribution in [0.15, 0.2) is 0 Å². The van der Waals surface area contributed by atoms with E-state index < -0.39 is 11.9 Å². The van der Waals surface area contributed by atoms with Crippen LogP contribution in [0, 0.1) is 17.8 Å². The van der Waals surface area contributed by atoms with Gasteiger partial charge < -0.3 is 15.2 Å². The van der Waals surface area contributed by atoms with Gasteiger partial charge in [0, 0.05) is 13.2 Å². The largest absolute Gasteiger partial charge is 0.481 e. The highest BCUT2D eigenvalue weighted by molar-refractivity contribution is 5.85. The third-order valence-corrected chi connectivity index (χ3v) is 4.67. The Hall–Kier alpha value is -1.10. The average molecular weight is 269 g/mol.